The van der Waals surface area contributed by atoms with Gasteiger partial charge >= 0.3 is 0 Å². The van der Waals surface area contributed by atoms with Crippen molar-refractivity contribution in [3.63, 3.8) is 0 Å². The summed E-state index contributed by atoms with van der Waals surface area (Å²) in [5.41, 5.74) is 8.92. The molecule has 3 aromatic rings. The van der Waals surface area contributed by atoms with Gasteiger partial charge in [0.15, 0.2) is 5.01 Å². The van der Waals surface area contributed by atoms with E-state index >= 15 is 0 Å². The fourth-order valence-corrected chi connectivity index (χ4v) is 6.37. The van der Waals surface area contributed by atoms with Crippen molar-refractivity contribution in [1.82, 2.24) is 19.1 Å². The van der Waals surface area contributed by atoms with Crippen LogP contribution in [0.4, 0.5) is 4.39 Å². The first-order valence-corrected chi connectivity index (χ1v) is 13.5. The second kappa shape index (κ2) is 10.5. The first-order valence-electron chi connectivity index (χ1n) is 11.9. The van der Waals surface area contributed by atoms with Gasteiger partial charge in [-0.2, -0.15) is 5.10 Å². The van der Waals surface area contributed by atoms with E-state index in [2.05, 4.69) is 32.4 Å². The lowest BCUT2D eigenvalue weighted by atomic mass is 9.66. The number of carbonyl (C=O) groups excluding carboxylic acids is 1. The summed E-state index contributed by atoms with van der Waals surface area (Å²) < 4.78 is 17.5. The number of hydrogen-bond donors (Lipinski definition) is 1. The molecule has 1 atom stereocenters. The Kier molecular flexibility index (Phi) is 7.17. The zero-order chi connectivity index (χ0) is 25.1. The summed E-state index contributed by atoms with van der Waals surface area (Å²) in [5.74, 6) is -0.256. The molecule has 0 bridgehead atoms. The average molecular weight is 523 g/mol. The monoisotopic (exact) mass is 522 g/mol. The molecule has 5 rings (SSSR count). The number of halogens is 1. The Morgan fingerprint density at radius 1 is 1.36 bits per heavy atom. The predicted molar refractivity (Wildman–Crippen MR) is 144 cm³/mol. The number of aliphatic imine (C=N–C) groups is 1. The molecule has 36 heavy (non-hydrogen) atoms. The van der Waals surface area contributed by atoms with Crippen molar-refractivity contribution in [2.24, 2.45) is 16.1 Å². The number of piperidine rings is 1. The molecular formula is C26H27FN6OS2. The van der Waals surface area contributed by atoms with Crippen molar-refractivity contribution in [1.29, 1.82) is 0 Å². The van der Waals surface area contributed by atoms with E-state index in [1.54, 1.807) is 30.7 Å². The normalized spacial score (nSPS) is 20.3. The Bertz CT molecular complexity index is 1330. The summed E-state index contributed by atoms with van der Waals surface area (Å²) in [4.78, 5) is 23.6. The van der Waals surface area contributed by atoms with E-state index in [0.717, 1.165) is 53.4 Å². The molecule has 2 N–H and O–H groups in total. The van der Waals surface area contributed by atoms with Gasteiger partial charge in [-0.1, -0.05) is 12.5 Å². The van der Waals surface area contributed by atoms with Crippen LogP contribution < -0.4 is 5.73 Å². The van der Waals surface area contributed by atoms with Gasteiger partial charge in [0.2, 0.25) is 5.78 Å². The van der Waals surface area contributed by atoms with Crippen LogP contribution in [-0.2, 0) is 6.42 Å². The lowest BCUT2D eigenvalue weighted by Crippen LogP contribution is -2.49. The molecule has 7 nitrogen and oxygen atoms in total. The Morgan fingerprint density at radius 2 is 2.19 bits per heavy atom. The molecule has 0 amide bonds. The fourth-order valence-electron chi connectivity index (χ4n) is 4.75. The standard InChI is InChI=1S/C26H27FN6OS2/c1-2-8-29-16-22(14-28)36-32-10-7-19-12-23-18(15-31-33(23)21-5-3-20(27)4-6-21)13-26(19,17-32)24(34)25-30-9-11-35-25/h3-6,9,11-12,14-16H,2,7-8,10,13,17,28H2,1H3. The third kappa shape index (κ3) is 4.68. The van der Waals surface area contributed by atoms with Crippen LogP contribution in [0.15, 0.2) is 63.7 Å². The highest BCUT2D eigenvalue weighted by Gasteiger charge is 2.49. The Balaban J connectivity index is 1.50. The van der Waals surface area contributed by atoms with Gasteiger partial charge in [-0.05, 0) is 67.1 Å². The van der Waals surface area contributed by atoms with Gasteiger partial charge in [-0.25, -0.2) is 18.4 Å². The van der Waals surface area contributed by atoms with E-state index in [4.69, 9.17) is 5.73 Å². The van der Waals surface area contributed by atoms with Crippen LogP contribution in [0.5, 0.6) is 0 Å². The lowest BCUT2D eigenvalue weighted by molar-refractivity contribution is 0.0781. The van der Waals surface area contributed by atoms with Crippen molar-refractivity contribution < 1.29 is 9.18 Å². The first kappa shape index (κ1) is 24.6. The minimum absolute atomic E-state index is 0.0344. The van der Waals surface area contributed by atoms with Crippen LogP contribution in [0.2, 0.25) is 0 Å². The fraction of sp³-hybridized carbons (Fsp3) is 0.308. The average Bonchev–Trinajstić information content (AvgIpc) is 3.57. The second-order valence-corrected chi connectivity index (χ2v) is 10.9. The van der Waals surface area contributed by atoms with Crippen molar-refractivity contribution in [3.8, 4) is 5.69 Å². The summed E-state index contributed by atoms with van der Waals surface area (Å²) >= 11 is 2.91. The molecule has 10 heteroatoms. The van der Waals surface area contributed by atoms with Gasteiger partial charge in [-0.3, -0.25) is 9.79 Å². The van der Waals surface area contributed by atoms with Crippen molar-refractivity contribution in [3.05, 3.63) is 80.8 Å². The smallest absolute Gasteiger partial charge is 0.203 e. The number of nitrogens with zero attached hydrogens (tertiary/aromatic N) is 5. The van der Waals surface area contributed by atoms with Gasteiger partial charge in [0.25, 0.3) is 0 Å². The van der Waals surface area contributed by atoms with Gasteiger partial charge in [0, 0.05) is 43.6 Å². The van der Waals surface area contributed by atoms with Crippen LogP contribution >= 0.6 is 23.3 Å². The molecule has 0 radical (unpaired) electrons. The third-order valence-electron chi connectivity index (χ3n) is 6.48. The van der Waals surface area contributed by atoms with Crippen LogP contribution in [0, 0.1) is 11.2 Å². The van der Waals surface area contributed by atoms with Gasteiger partial charge in [-0.15, -0.1) is 11.3 Å². The third-order valence-corrected chi connectivity index (χ3v) is 8.28. The molecule has 2 aliphatic rings. The number of allylic oxidation sites excluding steroid dienone is 1. The van der Waals surface area contributed by atoms with Crippen LogP contribution in [0.1, 0.15) is 40.8 Å². The molecule has 1 fully saturated rings. The Labute approximate surface area is 217 Å². The molecule has 3 heterocycles. The number of rotatable bonds is 8. The van der Waals surface area contributed by atoms with Crippen LogP contribution in [0.25, 0.3) is 11.8 Å². The molecule has 2 aromatic heterocycles. The number of hydrogen-bond acceptors (Lipinski definition) is 8. The van der Waals surface area contributed by atoms with Crippen molar-refractivity contribution in [2.45, 2.75) is 26.2 Å². The highest BCUT2D eigenvalue weighted by Crippen LogP contribution is 2.48. The van der Waals surface area contributed by atoms with Gasteiger partial charge < -0.3 is 5.73 Å². The second-order valence-electron chi connectivity index (χ2n) is 8.85. The molecule has 1 aliphatic carbocycles. The van der Waals surface area contributed by atoms with E-state index in [1.165, 1.54) is 35.4 Å². The number of thiazole rings is 1. The van der Waals surface area contributed by atoms with Crippen LogP contribution in [-0.4, -0.2) is 50.7 Å². The number of ketones is 1. The summed E-state index contributed by atoms with van der Waals surface area (Å²) in [6.45, 7) is 4.13. The zero-order valence-electron chi connectivity index (χ0n) is 19.9. The molecule has 0 spiro atoms. The highest BCUT2D eigenvalue weighted by molar-refractivity contribution is 8.01. The number of Topliss-reactive ketones (excluding diaryl/α,β-unsaturated/α-hetero) is 1. The maximum absolute atomic E-state index is 14.0. The first-order chi connectivity index (χ1) is 17.5. The van der Waals surface area contributed by atoms with Crippen LogP contribution in [0.3, 0.4) is 0 Å². The number of aromatic nitrogens is 3. The quantitative estimate of drug-likeness (QED) is 0.257. The molecule has 1 saturated heterocycles. The lowest BCUT2D eigenvalue weighted by Gasteiger charge is -2.44. The van der Waals surface area contributed by atoms with E-state index in [1.807, 2.05) is 16.3 Å². The van der Waals surface area contributed by atoms with E-state index in [-0.39, 0.29) is 11.6 Å². The number of fused-ring (bicyclic) bond motifs is 2. The maximum atomic E-state index is 14.0. The number of carbonyl (C=O) groups is 1. The predicted octanol–water partition coefficient (Wildman–Crippen LogP) is 4.91. The number of nitrogens with two attached hydrogens (primary N) is 1. The van der Waals surface area contributed by atoms with Crippen molar-refractivity contribution >= 4 is 41.4 Å². The van der Waals surface area contributed by atoms with Crippen molar-refractivity contribution in [2.75, 3.05) is 19.6 Å². The molecule has 1 aromatic carbocycles. The van der Waals surface area contributed by atoms with E-state index in [0.29, 0.717) is 18.0 Å². The van der Waals surface area contributed by atoms with E-state index < -0.39 is 5.41 Å². The summed E-state index contributed by atoms with van der Waals surface area (Å²) in [6, 6.07) is 6.28. The maximum Gasteiger partial charge on any atom is 0.203 e. The Morgan fingerprint density at radius 3 is 2.92 bits per heavy atom. The van der Waals surface area contributed by atoms with Gasteiger partial charge in [0.1, 0.15) is 5.82 Å². The minimum atomic E-state index is -0.743. The molecule has 1 unspecified atom stereocenters. The number of benzene rings is 1. The largest absolute Gasteiger partial charge is 0.404 e. The van der Waals surface area contributed by atoms with Gasteiger partial charge in [0.05, 0.1) is 27.9 Å². The summed E-state index contributed by atoms with van der Waals surface area (Å²) in [6.07, 6.45) is 11.2. The molecular weight excluding hydrogens is 495 g/mol. The van der Waals surface area contributed by atoms with E-state index in [9.17, 15) is 9.18 Å². The topological polar surface area (TPSA) is 89.4 Å². The molecule has 0 saturated carbocycles. The SMILES string of the molecule is CCCN=CC(=CN)SN1CCC2=Cc3c(cnn3-c3ccc(F)cc3)CC2(C(=O)c2nccs2)C1. The molecule has 1 aliphatic heterocycles. The summed E-state index contributed by atoms with van der Waals surface area (Å²) in [7, 11) is 0. The zero-order valence-corrected chi connectivity index (χ0v) is 21.6. The minimum Gasteiger partial charge on any atom is -0.404 e. The highest BCUT2D eigenvalue weighted by atomic mass is 32.2. The Hall–Kier alpha value is -3.08. The summed E-state index contributed by atoms with van der Waals surface area (Å²) in [5, 5.41) is 6.95. The molecule has 186 valence electrons.